The van der Waals surface area contributed by atoms with Gasteiger partial charge in [-0.15, -0.1) is 23.2 Å². The summed E-state index contributed by atoms with van der Waals surface area (Å²) in [4.78, 5) is 24.0. The van der Waals surface area contributed by atoms with E-state index in [2.05, 4.69) is 5.32 Å². The van der Waals surface area contributed by atoms with Crippen molar-refractivity contribution in [2.45, 2.75) is 17.2 Å². The molecule has 9 heteroatoms. The number of rotatable bonds is 4. The number of aromatic carboxylic acids is 1. The van der Waals surface area contributed by atoms with Crippen LogP contribution in [-0.4, -0.2) is 21.3 Å². The number of nitrogens with one attached hydrogen (secondary N) is 1. The first-order chi connectivity index (χ1) is 12.5. The van der Waals surface area contributed by atoms with Crippen LogP contribution in [0.15, 0.2) is 30.3 Å². The van der Waals surface area contributed by atoms with E-state index in [-0.39, 0.29) is 10.6 Å². The molecule has 2 N–H and O–H groups in total. The summed E-state index contributed by atoms with van der Waals surface area (Å²) >= 11 is 30.6. The molecule has 1 unspecified atom stereocenters. The van der Waals surface area contributed by atoms with Gasteiger partial charge in [0.25, 0.3) is 0 Å². The van der Waals surface area contributed by atoms with Crippen molar-refractivity contribution < 1.29 is 14.7 Å². The van der Waals surface area contributed by atoms with Crippen LogP contribution in [-0.2, 0) is 4.79 Å². The molecule has 2 aromatic carbocycles. The zero-order chi connectivity index (χ0) is 20.1. The molecule has 0 bridgehead atoms. The number of benzene rings is 2. The third kappa shape index (κ3) is 3.87. The second-order valence-corrected chi connectivity index (χ2v) is 8.89. The van der Waals surface area contributed by atoms with Gasteiger partial charge >= 0.3 is 5.97 Å². The summed E-state index contributed by atoms with van der Waals surface area (Å²) in [5.74, 6) is -2.83. The first-order valence-electron chi connectivity index (χ1n) is 7.71. The average molecular weight is 468 g/mol. The molecule has 4 nitrogen and oxygen atoms in total. The molecule has 1 fully saturated rings. The highest BCUT2D eigenvalue weighted by atomic mass is 35.5. The molecule has 3 rings (SSSR count). The predicted molar refractivity (Wildman–Crippen MR) is 109 cm³/mol. The van der Waals surface area contributed by atoms with Crippen LogP contribution in [0.4, 0.5) is 5.69 Å². The standard InChI is InChI=1S/C18H12Cl5NO3/c1-7-4-9(6-10(15(7)21)17(26)27)24-16(25)14-13(18(14,22)23)8-2-3-11(19)12(20)5-8/h2-6,13-14H,1H3,(H,24,25)(H,26,27)/t13-,14?/m0/s1. The summed E-state index contributed by atoms with van der Waals surface area (Å²) in [7, 11) is 0. The zero-order valence-corrected chi connectivity index (χ0v) is 17.5. The van der Waals surface area contributed by atoms with Gasteiger partial charge in [0, 0.05) is 11.6 Å². The van der Waals surface area contributed by atoms with Crippen LogP contribution in [0.1, 0.15) is 27.4 Å². The molecule has 142 valence electrons. The van der Waals surface area contributed by atoms with E-state index in [4.69, 9.17) is 58.0 Å². The summed E-state index contributed by atoms with van der Waals surface area (Å²) in [6.45, 7) is 1.65. The molecule has 27 heavy (non-hydrogen) atoms. The lowest BCUT2D eigenvalue weighted by molar-refractivity contribution is -0.117. The van der Waals surface area contributed by atoms with Crippen LogP contribution in [0.2, 0.25) is 15.1 Å². The molecule has 1 aliphatic rings. The monoisotopic (exact) mass is 465 g/mol. The highest BCUT2D eigenvalue weighted by molar-refractivity contribution is 6.53. The highest BCUT2D eigenvalue weighted by Gasteiger charge is 2.67. The van der Waals surface area contributed by atoms with Gasteiger partial charge < -0.3 is 10.4 Å². The summed E-state index contributed by atoms with van der Waals surface area (Å²) in [5.41, 5.74) is 1.40. The van der Waals surface area contributed by atoms with Gasteiger partial charge in [-0.3, -0.25) is 4.79 Å². The second-order valence-electron chi connectivity index (χ2n) is 6.25. The van der Waals surface area contributed by atoms with Crippen molar-refractivity contribution in [1.82, 2.24) is 0 Å². The van der Waals surface area contributed by atoms with Crippen molar-refractivity contribution >= 4 is 75.6 Å². The van der Waals surface area contributed by atoms with E-state index in [9.17, 15) is 14.7 Å². The summed E-state index contributed by atoms with van der Waals surface area (Å²) in [6.07, 6.45) is 0. The van der Waals surface area contributed by atoms with E-state index in [0.29, 0.717) is 26.9 Å². The lowest BCUT2D eigenvalue weighted by Gasteiger charge is -2.10. The zero-order valence-electron chi connectivity index (χ0n) is 13.7. The Labute approximate surface area is 180 Å². The van der Waals surface area contributed by atoms with E-state index in [0.717, 1.165) is 0 Å². The fraction of sp³-hybridized carbons (Fsp3) is 0.222. The number of anilines is 1. The van der Waals surface area contributed by atoms with Crippen LogP contribution in [0.25, 0.3) is 0 Å². The van der Waals surface area contributed by atoms with Gasteiger partial charge in [0.1, 0.15) is 4.33 Å². The minimum atomic E-state index is -1.31. The molecular formula is C18H12Cl5NO3. The maximum absolute atomic E-state index is 12.7. The number of halogens is 5. The van der Waals surface area contributed by atoms with Crippen molar-refractivity contribution in [3.05, 3.63) is 62.1 Å². The van der Waals surface area contributed by atoms with Crippen LogP contribution >= 0.6 is 58.0 Å². The fourth-order valence-corrected chi connectivity index (χ4v) is 4.32. The minimum Gasteiger partial charge on any atom is -0.478 e. The lowest BCUT2D eigenvalue weighted by Crippen LogP contribution is -2.17. The van der Waals surface area contributed by atoms with Crippen LogP contribution < -0.4 is 5.32 Å². The molecule has 1 saturated carbocycles. The highest BCUT2D eigenvalue weighted by Crippen LogP contribution is 2.65. The van der Waals surface area contributed by atoms with E-state index >= 15 is 0 Å². The SMILES string of the molecule is Cc1cc(NC(=O)C2[C@H](c3ccc(Cl)c(Cl)c3)C2(Cl)Cl)cc(C(=O)O)c1Cl. The lowest BCUT2D eigenvalue weighted by atomic mass is 10.1. The maximum Gasteiger partial charge on any atom is 0.337 e. The van der Waals surface area contributed by atoms with Gasteiger partial charge in [-0.05, 0) is 42.3 Å². The van der Waals surface area contributed by atoms with Gasteiger partial charge in [0.05, 0.1) is 26.5 Å². The number of aryl methyl sites for hydroxylation is 1. The van der Waals surface area contributed by atoms with Gasteiger partial charge in [-0.1, -0.05) is 40.9 Å². The first kappa shape index (κ1) is 20.6. The number of alkyl halides is 2. The Hall–Kier alpha value is -1.17. The first-order valence-corrected chi connectivity index (χ1v) is 9.60. The van der Waals surface area contributed by atoms with E-state index in [1.54, 1.807) is 31.2 Å². The van der Waals surface area contributed by atoms with Crippen molar-refractivity contribution in [3.63, 3.8) is 0 Å². The molecule has 0 aromatic heterocycles. The molecule has 0 radical (unpaired) electrons. The fourth-order valence-electron chi connectivity index (χ4n) is 2.99. The third-order valence-electron chi connectivity index (χ3n) is 4.39. The third-order valence-corrected chi connectivity index (χ3v) is 6.57. The Morgan fingerprint density at radius 2 is 1.74 bits per heavy atom. The van der Waals surface area contributed by atoms with Crippen LogP contribution in [0, 0.1) is 12.8 Å². The Morgan fingerprint density at radius 3 is 2.33 bits per heavy atom. The summed E-state index contributed by atoms with van der Waals surface area (Å²) in [5, 5.41) is 12.7. The van der Waals surface area contributed by atoms with Crippen molar-refractivity contribution in [2.24, 2.45) is 5.92 Å². The molecule has 0 spiro atoms. The van der Waals surface area contributed by atoms with Gasteiger partial charge in [-0.2, -0.15) is 0 Å². The Bertz CT molecular complexity index is 960. The molecule has 0 aliphatic heterocycles. The predicted octanol–water partition coefficient (Wildman–Crippen LogP) is 6.18. The smallest absolute Gasteiger partial charge is 0.337 e. The molecular weight excluding hydrogens is 455 g/mol. The van der Waals surface area contributed by atoms with Crippen molar-refractivity contribution in [2.75, 3.05) is 5.32 Å². The molecule has 1 aliphatic carbocycles. The van der Waals surface area contributed by atoms with Crippen molar-refractivity contribution in [1.29, 1.82) is 0 Å². The summed E-state index contributed by atoms with van der Waals surface area (Å²) < 4.78 is -1.31. The molecule has 0 saturated heterocycles. The Kier molecular flexibility index (Phi) is 5.59. The minimum absolute atomic E-state index is 0.105. The molecule has 0 heterocycles. The summed E-state index contributed by atoms with van der Waals surface area (Å²) in [6, 6.07) is 7.80. The molecule has 2 atom stereocenters. The number of carbonyl (C=O) groups is 2. The van der Waals surface area contributed by atoms with E-state index in [1.807, 2.05) is 0 Å². The quantitative estimate of drug-likeness (QED) is 0.528. The maximum atomic E-state index is 12.7. The number of hydrogen-bond acceptors (Lipinski definition) is 2. The Morgan fingerprint density at radius 1 is 1.07 bits per heavy atom. The van der Waals surface area contributed by atoms with Gasteiger partial charge in [0.2, 0.25) is 5.91 Å². The van der Waals surface area contributed by atoms with Gasteiger partial charge in [-0.25, -0.2) is 4.79 Å². The second kappa shape index (κ2) is 7.34. The van der Waals surface area contributed by atoms with Crippen LogP contribution in [0.3, 0.4) is 0 Å². The average Bonchev–Trinajstić information content (AvgIpc) is 3.15. The normalized spacial score (nSPS) is 20.2. The van der Waals surface area contributed by atoms with Crippen molar-refractivity contribution in [3.8, 4) is 0 Å². The van der Waals surface area contributed by atoms with Gasteiger partial charge in [0.15, 0.2) is 0 Å². The van der Waals surface area contributed by atoms with E-state index in [1.165, 1.54) is 6.07 Å². The van der Waals surface area contributed by atoms with Crippen LogP contribution in [0.5, 0.6) is 0 Å². The Balaban J connectivity index is 1.84. The van der Waals surface area contributed by atoms with E-state index < -0.39 is 28.0 Å². The number of amides is 1. The molecule has 2 aromatic rings. The topological polar surface area (TPSA) is 66.4 Å². The number of carboxylic acids is 1. The number of carboxylic acid groups (broad SMARTS) is 1. The largest absolute Gasteiger partial charge is 0.478 e. The molecule has 1 amide bonds. The number of hydrogen-bond donors (Lipinski definition) is 2. The number of carbonyl (C=O) groups excluding carboxylic acids is 1.